The second-order valence-corrected chi connectivity index (χ2v) is 9.95. The summed E-state index contributed by atoms with van der Waals surface area (Å²) in [7, 11) is -1.46. The zero-order chi connectivity index (χ0) is 21.5. The number of sulfone groups is 1. The number of H-pyrrole nitrogens is 1. The number of methoxy groups -OCH3 is 1. The van der Waals surface area contributed by atoms with Gasteiger partial charge in [-0.15, -0.1) is 0 Å². The van der Waals surface area contributed by atoms with Crippen LogP contribution >= 0.6 is 0 Å². The molecule has 4 rings (SSSR count). The van der Waals surface area contributed by atoms with Crippen molar-refractivity contribution in [3.8, 4) is 0 Å². The van der Waals surface area contributed by atoms with Gasteiger partial charge in [0.25, 0.3) is 0 Å². The van der Waals surface area contributed by atoms with E-state index in [0.717, 1.165) is 5.56 Å². The van der Waals surface area contributed by atoms with Gasteiger partial charge >= 0.3 is 11.5 Å². The molecule has 3 aromatic rings. The van der Waals surface area contributed by atoms with E-state index in [4.69, 9.17) is 4.74 Å². The summed E-state index contributed by atoms with van der Waals surface area (Å²) >= 11 is 0. The molecular formula is C20H26N4O5S+2. The number of hydrogen-bond acceptors (Lipinski definition) is 4. The molecule has 4 heterocycles. The smallest absolute Gasteiger partial charge is 0.398 e. The number of pyridine rings is 1. The molecule has 10 heteroatoms. The SMILES string of the molecule is COCCCn1c(C(O)=[NH+][C@H]2CCS(=O)(=O)C2)cc2c(=O)n3cccc(C)c3[nH+]c21. The van der Waals surface area contributed by atoms with Crippen molar-refractivity contribution in [1.82, 2.24) is 8.97 Å². The number of aliphatic hydroxyl groups excluding tert-OH is 1. The van der Waals surface area contributed by atoms with Crippen LogP contribution < -0.4 is 15.5 Å². The summed E-state index contributed by atoms with van der Waals surface area (Å²) in [5.41, 5.74) is 2.46. The lowest BCUT2D eigenvalue weighted by Gasteiger charge is -2.05. The summed E-state index contributed by atoms with van der Waals surface area (Å²) in [6, 6.07) is 5.02. The molecule has 1 atom stereocenters. The van der Waals surface area contributed by atoms with Crippen molar-refractivity contribution in [3.63, 3.8) is 0 Å². The van der Waals surface area contributed by atoms with E-state index < -0.39 is 9.84 Å². The Morgan fingerprint density at radius 1 is 1.40 bits per heavy atom. The van der Waals surface area contributed by atoms with Gasteiger partial charge in [-0.05, 0) is 19.1 Å². The summed E-state index contributed by atoms with van der Waals surface area (Å²) in [5.74, 6) is -0.0442. The van der Waals surface area contributed by atoms with Crippen LogP contribution in [0.3, 0.4) is 0 Å². The molecule has 0 unspecified atom stereocenters. The summed E-state index contributed by atoms with van der Waals surface area (Å²) in [4.78, 5) is 19.4. The van der Waals surface area contributed by atoms with Crippen molar-refractivity contribution >= 4 is 32.4 Å². The molecule has 1 aliphatic heterocycles. The van der Waals surface area contributed by atoms with Crippen LogP contribution in [0.1, 0.15) is 24.1 Å². The van der Waals surface area contributed by atoms with Crippen molar-refractivity contribution in [2.45, 2.75) is 32.4 Å². The number of hydrogen-bond donors (Lipinski definition) is 2. The molecule has 160 valence electrons. The quantitative estimate of drug-likeness (QED) is 0.293. The summed E-state index contributed by atoms with van der Waals surface area (Å²) in [6.07, 6.45) is 2.82. The van der Waals surface area contributed by atoms with Crippen LogP contribution in [0.15, 0.2) is 29.2 Å². The minimum Gasteiger partial charge on any atom is -0.458 e. The summed E-state index contributed by atoms with van der Waals surface area (Å²) in [6.45, 7) is 2.96. The average molecular weight is 435 g/mol. The number of nitrogens with zero attached hydrogens (tertiary/aromatic N) is 2. The third kappa shape index (κ3) is 3.72. The van der Waals surface area contributed by atoms with Gasteiger partial charge in [0, 0.05) is 38.2 Å². The first-order valence-corrected chi connectivity index (χ1v) is 11.7. The van der Waals surface area contributed by atoms with Gasteiger partial charge in [-0.25, -0.2) is 27.8 Å². The van der Waals surface area contributed by atoms with Gasteiger partial charge in [-0.3, -0.25) is 0 Å². The lowest BCUT2D eigenvalue weighted by atomic mass is 10.2. The molecule has 1 saturated heterocycles. The van der Waals surface area contributed by atoms with E-state index in [1.54, 1.807) is 23.8 Å². The van der Waals surface area contributed by atoms with Crippen molar-refractivity contribution in [2.24, 2.45) is 0 Å². The van der Waals surface area contributed by atoms with E-state index in [9.17, 15) is 18.3 Å². The highest BCUT2D eigenvalue weighted by molar-refractivity contribution is 7.91. The Kier molecular flexibility index (Phi) is 5.37. The van der Waals surface area contributed by atoms with Gasteiger partial charge in [0.05, 0.1) is 18.5 Å². The number of aromatic amines is 1. The maximum Gasteiger partial charge on any atom is 0.398 e. The fourth-order valence-electron chi connectivity index (χ4n) is 4.01. The Morgan fingerprint density at radius 3 is 2.90 bits per heavy atom. The van der Waals surface area contributed by atoms with Gasteiger partial charge in [-0.2, -0.15) is 4.40 Å². The summed E-state index contributed by atoms with van der Waals surface area (Å²) in [5, 5.41) is 11.3. The zero-order valence-corrected chi connectivity index (χ0v) is 17.8. The topological polar surface area (TPSA) is 118 Å². The van der Waals surface area contributed by atoms with Crippen LogP contribution in [-0.4, -0.2) is 59.7 Å². The average Bonchev–Trinajstić information content (AvgIpc) is 3.23. The number of fused-ring (bicyclic) bond motifs is 2. The van der Waals surface area contributed by atoms with Gasteiger partial charge < -0.3 is 9.84 Å². The van der Waals surface area contributed by atoms with E-state index in [1.165, 1.54) is 0 Å². The van der Waals surface area contributed by atoms with Crippen LogP contribution in [0, 0.1) is 6.92 Å². The van der Waals surface area contributed by atoms with Crippen molar-refractivity contribution in [2.75, 3.05) is 25.2 Å². The van der Waals surface area contributed by atoms with Crippen LogP contribution in [0.25, 0.3) is 16.7 Å². The molecule has 9 nitrogen and oxygen atoms in total. The molecule has 0 aromatic carbocycles. The van der Waals surface area contributed by atoms with Crippen molar-refractivity contribution < 1.29 is 28.2 Å². The van der Waals surface area contributed by atoms with E-state index in [-0.39, 0.29) is 29.0 Å². The molecule has 0 amide bonds. The Bertz CT molecular complexity index is 1310. The fourth-order valence-corrected chi connectivity index (χ4v) is 5.68. The molecule has 0 bridgehead atoms. The molecule has 0 spiro atoms. The number of aryl methyl sites for hydroxylation is 2. The molecule has 1 aliphatic rings. The second-order valence-electron chi connectivity index (χ2n) is 7.72. The maximum atomic E-state index is 13.1. The van der Waals surface area contributed by atoms with E-state index in [1.807, 2.05) is 23.6 Å². The minimum absolute atomic E-state index is 0.0151. The Labute approximate surface area is 173 Å². The molecule has 30 heavy (non-hydrogen) atoms. The van der Waals surface area contributed by atoms with Crippen LogP contribution in [-0.2, 0) is 21.1 Å². The van der Waals surface area contributed by atoms with Gasteiger partial charge in [0.2, 0.25) is 17.0 Å². The molecule has 1 fully saturated rings. The molecule has 0 aliphatic carbocycles. The van der Waals surface area contributed by atoms with Crippen molar-refractivity contribution in [1.29, 1.82) is 0 Å². The van der Waals surface area contributed by atoms with E-state index in [0.29, 0.717) is 48.4 Å². The predicted molar refractivity (Wildman–Crippen MR) is 112 cm³/mol. The first-order valence-electron chi connectivity index (χ1n) is 9.89. The number of rotatable bonds is 6. The van der Waals surface area contributed by atoms with Gasteiger partial charge in [0.1, 0.15) is 11.1 Å². The number of aromatic nitrogens is 3. The van der Waals surface area contributed by atoms with Crippen molar-refractivity contribution in [3.05, 3.63) is 46.0 Å². The molecule has 3 N–H and O–H groups in total. The van der Waals surface area contributed by atoms with E-state index in [2.05, 4.69) is 9.98 Å². The molecular weight excluding hydrogens is 408 g/mol. The molecule has 3 aromatic heterocycles. The van der Waals surface area contributed by atoms with Crippen LogP contribution in [0.5, 0.6) is 0 Å². The van der Waals surface area contributed by atoms with E-state index >= 15 is 0 Å². The second kappa shape index (κ2) is 7.84. The predicted octanol–water partition coefficient (Wildman–Crippen LogP) is -1.01. The number of nitrogens with one attached hydrogen (secondary N) is 2. The Balaban J connectivity index is 1.88. The van der Waals surface area contributed by atoms with Crippen LogP contribution in [0.4, 0.5) is 0 Å². The van der Waals surface area contributed by atoms with Gasteiger partial charge in [0.15, 0.2) is 15.9 Å². The highest BCUT2D eigenvalue weighted by atomic mass is 32.2. The maximum absolute atomic E-state index is 13.1. The first-order chi connectivity index (χ1) is 14.3. The highest BCUT2D eigenvalue weighted by Crippen LogP contribution is 2.16. The normalized spacial score (nSPS) is 19.1. The molecule has 0 saturated carbocycles. The fraction of sp³-hybridized carbons (Fsp3) is 0.450. The zero-order valence-electron chi connectivity index (χ0n) is 17.0. The molecule has 0 radical (unpaired) electrons. The Morgan fingerprint density at radius 2 is 2.20 bits per heavy atom. The lowest BCUT2D eigenvalue weighted by Crippen LogP contribution is -2.80. The lowest BCUT2D eigenvalue weighted by molar-refractivity contribution is -0.503. The third-order valence-corrected chi connectivity index (χ3v) is 7.29. The first kappa shape index (κ1) is 20.5. The van der Waals surface area contributed by atoms with Gasteiger partial charge in [-0.1, -0.05) is 0 Å². The Hall–Kier alpha value is -2.72. The minimum atomic E-state index is -3.08. The standard InChI is InChI=1S/C20H24N4O5S/c1-13-5-3-7-24-17(13)22-18-15(20(24)26)11-16(23(18)8-4-9-29-2)19(25)21-14-6-10-30(27,28)12-14/h3,5,7,11,14H,4,6,8-10,12H2,1-2H3,(H,21,25)/p+2/t14-/m0/s1. The largest absolute Gasteiger partial charge is 0.458 e. The van der Waals surface area contributed by atoms with Crippen LogP contribution in [0.2, 0.25) is 0 Å². The monoisotopic (exact) mass is 434 g/mol. The third-order valence-electron chi connectivity index (χ3n) is 5.52. The number of aliphatic hydroxyl groups is 1. The highest BCUT2D eigenvalue weighted by Gasteiger charge is 2.34. The summed E-state index contributed by atoms with van der Waals surface area (Å²) < 4.78 is 32.1. The number of ether oxygens (including phenoxy) is 1.